The molecule has 64 valence electrons. The van der Waals surface area contributed by atoms with E-state index >= 15 is 0 Å². The quantitative estimate of drug-likeness (QED) is 0.386. The van der Waals surface area contributed by atoms with Crippen molar-refractivity contribution in [1.82, 2.24) is 10.6 Å². The van der Waals surface area contributed by atoms with Gasteiger partial charge in [0, 0.05) is 12.1 Å². The van der Waals surface area contributed by atoms with Crippen molar-refractivity contribution in [2.75, 3.05) is 11.5 Å². The summed E-state index contributed by atoms with van der Waals surface area (Å²) >= 11 is 0. The van der Waals surface area contributed by atoms with E-state index in [0.717, 1.165) is 0 Å². The molecule has 0 radical (unpaired) electrons. The van der Waals surface area contributed by atoms with Crippen LogP contribution in [-0.4, -0.2) is 43.5 Å². The summed E-state index contributed by atoms with van der Waals surface area (Å²) in [6.45, 7) is 0. The first-order chi connectivity index (χ1) is 5.07. The smallest absolute Gasteiger partial charge is 0.161 e. The number of hydrogen-bond acceptors (Lipinski definition) is 5. The molecule has 0 amide bonds. The number of hydrogen-bond donors (Lipinski definition) is 3. The van der Waals surface area contributed by atoms with Gasteiger partial charge in [-0.2, -0.15) is 0 Å². The topological polar surface area (TPSA) is 78.4 Å². The summed E-state index contributed by atoms with van der Waals surface area (Å²) in [7, 11) is -2.87. The second-order valence-corrected chi connectivity index (χ2v) is 5.18. The molecule has 2 atom stereocenters. The Morgan fingerprint density at radius 2 is 1.64 bits per heavy atom. The summed E-state index contributed by atoms with van der Waals surface area (Å²) in [5, 5.41) is 14.5. The van der Waals surface area contributed by atoms with E-state index in [1.165, 1.54) is 0 Å². The summed E-state index contributed by atoms with van der Waals surface area (Å²) in [6.07, 6.45) is -0.736. The Morgan fingerprint density at radius 3 is 2.09 bits per heavy atom. The van der Waals surface area contributed by atoms with Gasteiger partial charge in [-0.25, -0.2) is 8.42 Å². The van der Waals surface area contributed by atoms with E-state index < -0.39 is 16.2 Å². The minimum Gasteiger partial charge on any atom is -0.365 e. The number of fused-ring (bicyclic) bond motifs is 1. The Labute approximate surface area is 64.7 Å². The predicted molar refractivity (Wildman–Crippen MR) is 38.5 cm³/mol. The maximum absolute atomic E-state index is 11.0. The van der Waals surface area contributed by atoms with E-state index in [1.54, 1.807) is 0 Å². The zero-order valence-corrected chi connectivity index (χ0v) is 6.63. The van der Waals surface area contributed by atoms with Gasteiger partial charge in [-0.15, -0.1) is 0 Å². The number of rotatable bonds is 0. The second kappa shape index (κ2) is 2.16. The summed E-state index contributed by atoms with van der Waals surface area (Å²) < 4.78 is 22.0. The van der Waals surface area contributed by atoms with Crippen molar-refractivity contribution in [3.63, 3.8) is 0 Å². The molecule has 2 saturated heterocycles. The lowest BCUT2D eigenvalue weighted by molar-refractivity contribution is 0.131. The van der Waals surface area contributed by atoms with Crippen molar-refractivity contribution >= 4 is 9.84 Å². The highest BCUT2D eigenvalue weighted by Gasteiger charge is 2.43. The normalized spacial score (nSPS) is 42.6. The number of aliphatic hydroxyl groups is 1. The van der Waals surface area contributed by atoms with Crippen LogP contribution in [0.5, 0.6) is 0 Å². The van der Waals surface area contributed by atoms with Crippen molar-refractivity contribution in [3.05, 3.63) is 0 Å². The number of nitrogens with one attached hydrogen (secondary N) is 2. The van der Waals surface area contributed by atoms with Crippen LogP contribution in [0, 0.1) is 0 Å². The van der Waals surface area contributed by atoms with Crippen LogP contribution in [0.3, 0.4) is 0 Å². The molecule has 6 heteroatoms. The summed E-state index contributed by atoms with van der Waals surface area (Å²) in [4.78, 5) is 0. The monoisotopic (exact) mass is 178 g/mol. The molecule has 0 saturated carbocycles. The number of sulfone groups is 1. The molecule has 11 heavy (non-hydrogen) atoms. The lowest BCUT2D eigenvalue weighted by Crippen LogP contribution is -2.36. The molecule has 5 nitrogen and oxygen atoms in total. The van der Waals surface area contributed by atoms with Gasteiger partial charge in [0.05, 0.1) is 11.5 Å². The van der Waals surface area contributed by atoms with Gasteiger partial charge in [-0.3, -0.25) is 10.6 Å². The highest BCUT2D eigenvalue weighted by atomic mass is 32.2. The molecule has 0 bridgehead atoms. The molecule has 0 unspecified atom stereocenters. The Kier molecular flexibility index (Phi) is 1.47. The molecular formula is C5H10N2O3S. The summed E-state index contributed by atoms with van der Waals surface area (Å²) in [6, 6.07) is -0.204. The van der Waals surface area contributed by atoms with Crippen molar-refractivity contribution in [2.24, 2.45) is 0 Å². The van der Waals surface area contributed by atoms with Crippen molar-refractivity contribution < 1.29 is 13.5 Å². The van der Waals surface area contributed by atoms with Gasteiger partial charge in [-0.05, 0) is 0 Å². The molecular weight excluding hydrogens is 168 g/mol. The first-order valence-electron chi connectivity index (χ1n) is 3.47. The van der Waals surface area contributed by atoms with E-state index in [9.17, 15) is 8.42 Å². The minimum atomic E-state index is -2.87. The molecule has 2 aliphatic heterocycles. The van der Waals surface area contributed by atoms with Gasteiger partial charge >= 0.3 is 0 Å². The summed E-state index contributed by atoms with van der Waals surface area (Å²) in [5.74, 6) is 0.281. The van der Waals surface area contributed by atoms with Crippen LogP contribution in [0.15, 0.2) is 0 Å². The Hall–Kier alpha value is -0.170. The minimum absolute atomic E-state index is 0.102. The zero-order valence-electron chi connectivity index (χ0n) is 5.82. The fraction of sp³-hybridized carbons (Fsp3) is 1.00. The van der Waals surface area contributed by atoms with Gasteiger partial charge in [0.2, 0.25) is 0 Å². The van der Waals surface area contributed by atoms with Crippen LogP contribution in [0.1, 0.15) is 0 Å². The fourth-order valence-corrected chi connectivity index (χ4v) is 3.52. The molecule has 0 aliphatic carbocycles. The maximum Gasteiger partial charge on any atom is 0.161 e. The van der Waals surface area contributed by atoms with Crippen LogP contribution in [-0.2, 0) is 9.84 Å². The van der Waals surface area contributed by atoms with Gasteiger partial charge < -0.3 is 5.11 Å². The third-order valence-corrected chi connectivity index (χ3v) is 3.83. The Morgan fingerprint density at radius 1 is 1.18 bits per heavy atom. The van der Waals surface area contributed by atoms with E-state index in [2.05, 4.69) is 10.6 Å². The van der Waals surface area contributed by atoms with Crippen LogP contribution in [0.2, 0.25) is 0 Å². The van der Waals surface area contributed by atoms with Crippen molar-refractivity contribution in [3.8, 4) is 0 Å². The van der Waals surface area contributed by atoms with E-state index in [-0.39, 0.29) is 23.6 Å². The third kappa shape index (κ3) is 1.26. The standard InChI is InChI=1S/C5H10N2O3S/c8-5-6-3-1-11(9,10)2-4(3)7-5/h3-8H,1-2H2/t3-,4-/m1/s1. The zero-order chi connectivity index (χ0) is 8.06. The van der Waals surface area contributed by atoms with Crippen molar-refractivity contribution in [2.45, 2.75) is 18.4 Å². The molecule has 0 aromatic carbocycles. The second-order valence-electron chi connectivity index (χ2n) is 3.03. The van der Waals surface area contributed by atoms with Gasteiger partial charge in [0.15, 0.2) is 16.2 Å². The molecule has 0 aromatic heterocycles. The van der Waals surface area contributed by atoms with Crippen LogP contribution >= 0.6 is 0 Å². The SMILES string of the molecule is O=S1(=O)C[C@H]2NC(O)N[C@@H]2C1. The third-order valence-electron chi connectivity index (χ3n) is 2.10. The van der Waals surface area contributed by atoms with Crippen LogP contribution in [0.4, 0.5) is 0 Å². The lowest BCUT2D eigenvalue weighted by Gasteiger charge is -2.04. The van der Waals surface area contributed by atoms with E-state index in [1.807, 2.05) is 0 Å². The molecule has 0 spiro atoms. The fourth-order valence-electron chi connectivity index (χ4n) is 1.63. The number of aliphatic hydroxyl groups excluding tert-OH is 1. The summed E-state index contributed by atoms with van der Waals surface area (Å²) in [5.41, 5.74) is 0. The Balaban J connectivity index is 2.16. The Bertz CT molecular complexity index is 243. The molecule has 2 aliphatic rings. The molecule has 0 aromatic rings. The van der Waals surface area contributed by atoms with E-state index in [0.29, 0.717) is 0 Å². The van der Waals surface area contributed by atoms with Gasteiger partial charge in [0.1, 0.15) is 0 Å². The molecule has 3 N–H and O–H groups in total. The average Bonchev–Trinajstić information content (AvgIpc) is 2.17. The highest BCUT2D eigenvalue weighted by molar-refractivity contribution is 7.91. The average molecular weight is 178 g/mol. The van der Waals surface area contributed by atoms with Crippen LogP contribution < -0.4 is 10.6 Å². The van der Waals surface area contributed by atoms with Gasteiger partial charge in [0.25, 0.3) is 0 Å². The largest absolute Gasteiger partial charge is 0.365 e. The van der Waals surface area contributed by atoms with Crippen molar-refractivity contribution in [1.29, 1.82) is 0 Å². The molecule has 2 fully saturated rings. The van der Waals surface area contributed by atoms with E-state index in [4.69, 9.17) is 5.11 Å². The molecule has 2 heterocycles. The lowest BCUT2D eigenvalue weighted by atomic mass is 10.2. The van der Waals surface area contributed by atoms with Gasteiger partial charge in [-0.1, -0.05) is 0 Å². The van der Waals surface area contributed by atoms with Crippen LogP contribution in [0.25, 0.3) is 0 Å². The molecule has 2 rings (SSSR count). The first kappa shape index (κ1) is 7.48. The predicted octanol–water partition coefficient (Wildman–Crippen LogP) is -2.38. The maximum atomic E-state index is 11.0. The first-order valence-corrected chi connectivity index (χ1v) is 5.29. The highest BCUT2D eigenvalue weighted by Crippen LogP contribution is 2.16.